The van der Waals surface area contributed by atoms with Crippen LogP contribution in [-0.2, 0) is 17.6 Å². The third-order valence-electron chi connectivity index (χ3n) is 4.91. The van der Waals surface area contributed by atoms with Gasteiger partial charge in [0.25, 0.3) is 0 Å². The molecule has 1 aliphatic rings. The third kappa shape index (κ3) is 3.26. The normalized spacial score (nSPS) is 16.7. The van der Waals surface area contributed by atoms with Crippen LogP contribution >= 0.6 is 11.3 Å². The van der Waals surface area contributed by atoms with Crippen molar-refractivity contribution in [2.75, 3.05) is 12.3 Å². The van der Waals surface area contributed by atoms with Gasteiger partial charge < -0.3 is 16.0 Å². The number of nitrogens with two attached hydrogens (primary N) is 1. The number of nitrogen functional groups attached to an aromatic ring is 1. The zero-order valence-electron chi connectivity index (χ0n) is 14.0. The second kappa shape index (κ2) is 6.88. The smallest absolute Gasteiger partial charge is 0.229 e. The molecule has 130 valence electrons. The van der Waals surface area contributed by atoms with Crippen molar-refractivity contribution in [2.45, 2.75) is 38.0 Å². The summed E-state index contributed by atoms with van der Waals surface area (Å²) in [6, 6.07) is 8.32. The number of nitrogens with one attached hydrogen (secondary N) is 2. The van der Waals surface area contributed by atoms with Crippen LogP contribution in [0.1, 0.15) is 42.1 Å². The Morgan fingerprint density at radius 1 is 1.40 bits per heavy atom. The first kappa shape index (κ1) is 16.1. The first-order valence-corrected chi connectivity index (χ1v) is 9.67. The molecule has 0 radical (unpaired) electrons. The number of aryl methyl sites for hydroxylation is 2. The minimum Gasteiger partial charge on any atom is -0.375 e. The Bertz CT molecular complexity index is 898. The maximum atomic E-state index is 12.7. The number of fused-ring (bicyclic) bond motifs is 3. The molecule has 1 aliphatic carbocycles. The minimum absolute atomic E-state index is 0.0638. The van der Waals surface area contributed by atoms with Gasteiger partial charge in [-0.05, 0) is 43.7 Å². The Balaban J connectivity index is 1.40. The molecule has 5 nitrogen and oxygen atoms in total. The number of H-pyrrole nitrogens is 1. The predicted molar refractivity (Wildman–Crippen MR) is 102 cm³/mol. The fourth-order valence-corrected chi connectivity index (χ4v) is 4.32. The van der Waals surface area contributed by atoms with Crippen LogP contribution in [0.2, 0.25) is 0 Å². The summed E-state index contributed by atoms with van der Waals surface area (Å²) < 4.78 is 0. The monoisotopic (exact) mass is 354 g/mol. The zero-order chi connectivity index (χ0) is 17.2. The van der Waals surface area contributed by atoms with Crippen LogP contribution in [0.5, 0.6) is 0 Å². The van der Waals surface area contributed by atoms with E-state index in [1.807, 2.05) is 11.4 Å². The lowest BCUT2D eigenvalue weighted by Gasteiger charge is -2.22. The lowest BCUT2D eigenvalue weighted by Crippen LogP contribution is -2.32. The fourth-order valence-electron chi connectivity index (χ4n) is 3.72. The number of anilines is 1. The fraction of sp³-hybridized carbons (Fsp3) is 0.368. The van der Waals surface area contributed by atoms with E-state index in [0.717, 1.165) is 49.0 Å². The summed E-state index contributed by atoms with van der Waals surface area (Å²) in [6.45, 7) is 0.669. The molecule has 1 unspecified atom stereocenters. The summed E-state index contributed by atoms with van der Waals surface area (Å²) in [7, 11) is 0. The van der Waals surface area contributed by atoms with Gasteiger partial charge >= 0.3 is 0 Å². The summed E-state index contributed by atoms with van der Waals surface area (Å²) >= 11 is 1.46. The Hall–Kier alpha value is -2.34. The largest absolute Gasteiger partial charge is 0.375 e. The number of rotatable bonds is 5. The highest BCUT2D eigenvalue weighted by atomic mass is 32.1. The van der Waals surface area contributed by atoms with E-state index in [0.29, 0.717) is 11.7 Å². The van der Waals surface area contributed by atoms with Crippen molar-refractivity contribution >= 4 is 33.3 Å². The van der Waals surface area contributed by atoms with Gasteiger partial charge in [-0.25, -0.2) is 4.98 Å². The summed E-state index contributed by atoms with van der Waals surface area (Å²) in [5, 5.41) is 6.95. The summed E-state index contributed by atoms with van der Waals surface area (Å²) in [6.07, 6.45) is 4.74. The highest BCUT2D eigenvalue weighted by Gasteiger charge is 2.29. The molecule has 0 fully saturated rings. The van der Waals surface area contributed by atoms with E-state index in [4.69, 9.17) is 5.73 Å². The second-order valence-corrected chi connectivity index (χ2v) is 7.47. The molecule has 0 saturated heterocycles. The van der Waals surface area contributed by atoms with Crippen LogP contribution in [0.4, 0.5) is 5.13 Å². The molecule has 4 N–H and O–H groups in total. The predicted octanol–water partition coefficient (Wildman–Crippen LogP) is 3.38. The Labute approximate surface area is 150 Å². The first-order chi connectivity index (χ1) is 12.2. The van der Waals surface area contributed by atoms with Crippen molar-refractivity contribution in [2.24, 2.45) is 0 Å². The van der Waals surface area contributed by atoms with Crippen molar-refractivity contribution in [1.82, 2.24) is 15.3 Å². The van der Waals surface area contributed by atoms with Crippen LogP contribution in [0.3, 0.4) is 0 Å². The van der Waals surface area contributed by atoms with Gasteiger partial charge in [0.15, 0.2) is 5.13 Å². The SMILES string of the molecule is Nc1nc(CCCNC(=O)C2CCCc3c2[nH]c2ccccc32)cs1. The van der Waals surface area contributed by atoms with E-state index in [9.17, 15) is 4.79 Å². The molecule has 0 aliphatic heterocycles. The molecule has 25 heavy (non-hydrogen) atoms. The highest BCUT2D eigenvalue weighted by molar-refractivity contribution is 7.13. The summed E-state index contributed by atoms with van der Waals surface area (Å²) in [5.41, 5.74) is 10.2. The van der Waals surface area contributed by atoms with Crippen molar-refractivity contribution in [1.29, 1.82) is 0 Å². The van der Waals surface area contributed by atoms with Gasteiger partial charge in [0.05, 0.1) is 11.6 Å². The number of hydrogen-bond donors (Lipinski definition) is 3. The maximum absolute atomic E-state index is 12.7. The molecule has 4 rings (SSSR count). The quantitative estimate of drug-likeness (QED) is 0.614. The lowest BCUT2D eigenvalue weighted by molar-refractivity contribution is -0.122. The molecule has 0 spiro atoms. The topological polar surface area (TPSA) is 83.8 Å². The number of carbonyl (C=O) groups is 1. The molecule has 6 heteroatoms. The van der Waals surface area contributed by atoms with E-state index >= 15 is 0 Å². The van der Waals surface area contributed by atoms with Gasteiger partial charge in [0.2, 0.25) is 5.91 Å². The second-order valence-electron chi connectivity index (χ2n) is 6.58. The van der Waals surface area contributed by atoms with E-state index < -0.39 is 0 Å². The molecular weight excluding hydrogens is 332 g/mol. The van der Waals surface area contributed by atoms with E-state index in [2.05, 4.69) is 33.5 Å². The van der Waals surface area contributed by atoms with Crippen molar-refractivity contribution in [3.63, 3.8) is 0 Å². The number of para-hydroxylation sites is 1. The summed E-state index contributed by atoms with van der Waals surface area (Å²) in [5.74, 6) is 0.0661. The number of aromatic amines is 1. The van der Waals surface area contributed by atoms with Crippen LogP contribution in [0.15, 0.2) is 29.6 Å². The number of aromatic nitrogens is 2. The van der Waals surface area contributed by atoms with Gasteiger partial charge in [-0.1, -0.05) is 18.2 Å². The maximum Gasteiger partial charge on any atom is 0.229 e. The number of nitrogens with zero attached hydrogens (tertiary/aromatic N) is 1. The van der Waals surface area contributed by atoms with Crippen LogP contribution in [-0.4, -0.2) is 22.4 Å². The molecule has 0 saturated carbocycles. The van der Waals surface area contributed by atoms with Crippen molar-refractivity contribution in [3.8, 4) is 0 Å². The van der Waals surface area contributed by atoms with E-state index in [-0.39, 0.29) is 11.8 Å². The molecule has 2 aromatic heterocycles. The highest BCUT2D eigenvalue weighted by Crippen LogP contribution is 2.36. The third-order valence-corrected chi connectivity index (χ3v) is 5.63. The number of hydrogen-bond acceptors (Lipinski definition) is 4. The number of thiazole rings is 1. The molecule has 0 bridgehead atoms. The average Bonchev–Trinajstić information content (AvgIpc) is 3.21. The van der Waals surface area contributed by atoms with E-state index in [1.165, 1.54) is 22.3 Å². The van der Waals surface area contributed by atoms with Crippen molar-refractivity contribution in [3.05, 3.63) is 46.6 Å². The average molecular weight is 354 g/mol. The van der Waals surface area contributed by atoms with Gasteiger partial charge in [-0.2, -0.15) is 0 Å². The molecule has 3 aromatic rings. The molecule has 1 aromatic carbocycles. The van der Waals surface area contributed by atoms with Gasteiger partial charge in [-0.15, -0.1) is 11.3 Å². The standard InChI is InChI=1S/C19H22N4OS/c20-19-22-12(11-25-19)5-4-10-21-18(24)15-8-3-7-14-13-6-1-2-9-16(13)23-17(14)15/h1-2,6,9,11,15,23H,3-5,7-8,10H2,(H2,20,22)(H,21,24). The zero-order valence-corrected chi connectivity index (χ0v) is 14.9. The first-order valence-electron chi connectivity index (χ1n) is 8.79. The van der Waals surface area contributed by atoms with Gasteiger partial charge in [-0.3, -0.25) is 4.79 Å². The van der Waals surface area contributed by atoms with Gasteiger partial charge in [0.1, 0.15) is 0 Å². The van der Waals surface area contributed by atoms with Gasteiger partial charge in [0, 0.05) is 28.5 Å². The minimum atomic E-state index is -0.0638. The van der Waals surface area contributed by atoms with E-state index in [1.54, 1.807) is 0 Å². The number of carbonyl (C=O) groups excluding carboxylic acids is 1. The van der Waals surface area contributed by atoms with Crippen LogP contribution in [0, 0.1) is 0 Å². The lowest BCUT2D eigenvalue weighted by atomic mass is 9.86. The number of amides is 1. The van der Waals surface area contributed by atoms with Crippen molar-refractivity contribution < 1.29 is 4.79 Å². The molecule has 1 amide bonds. The molecule has 2 heterocycles. The Kier molecular flexibility index (Phi) is 4.44. The molecular formula is C19H22N4OS. The van der Waals surface area contributed by atoms with Crippen LogP contribution in [0.25, 0.3) is 10.9 Å². The molecule has 1 atom stereocenters. The summed E-state index contributed by atoms with van der Waals surface area (Å²) in [4.78, 5) is 20.4. The van der Waals surface area contributed by atoms with Crippen LogP contribution < -0.4 is 11.1 Å². The Morgan fingerprint density at radius 2 is 2.28 bits per heavy atom. The Morgan fingerprint density at radius 3 is 3.12 bits per heavy atom. The number of benzene rings is 1.